The smallest absolute Gasteiger partial charge is 0.227 e. The molecule has 0 spiro atoms. The first kappa shape index (κ1) is 18.9. The van der Waals surface area contributed by atoms with Crippen LogP contribution in [0.25, 0.3) is 5.69 Å². The molecule has 0 radical (unpaired) electrons. The number of carbonyl (C=O) groups excluding carboxylic acids is 2. The van der Waals surface area contributed by atoms with E-state index >= 15 is 0 Å². The lowest BCUT2D eigenvalue weighted by Crippen LogP contribution is -2.34. The van der Waals surface area contributed by atoms with Crippen LogP contribution in [0, 0.1) is 12.8 Å². The average molecular weight is 388 g/mol. The Labute approximate surface area is 170 Å². The number of nitrogens with zero attached hydrogens (tertiary/aromatic N) is 3. The van der Waals surface area contributed by atoms with Crippen LogP contribution in [0.1, 0.15) is 30.5 Å². The Morgan fingerprint density at radius 1 is 1.10 bits per heavy atom. The minimum Gasteiger partial charge on any atom is -0.349 e. The van der Waals surface area contributed by atoms with Crippen molar-refractivity contribution in [1.29, 1.82) is 0 Å². The molecule has 2 aromatic carbocycles. The van der Waals surface area contributed by atoms with Gasteiger partial charge < -0.3 is 14.8 Å². The summed E-state index contributed by atoms with van der Waals surface area (Å²) in [6, 6.07) is 15.7. The highest BCUT2D eigenvalue weighted by atomic mass is 16.2. The van der Waals surface area contributed by atoms with Crippen LogP contribution >= 0.6 is 0 Å². The summed E-state index contributed by atoms with van der Waals surface area (Å²) < 4.78 is 1.93. The van der Waals surface area contributed by atoms with Crippen LogP contribution in [0.5, 0.6) is 0 Å². The zero-order valence-electron chi connectivity index (χ0n) is 16.6. The maximum absolute atomic E-state index is 12.8. The van der Waals surface area contributed by atoms with E-state index in [-0.39, 0.29) is 30.2 Å². The molecule has 0 bridgehead atoms. The molecule has 1 aliphatic rings. The molecule has 148 valence electrons. The number of aromatic nitrogens is 2. The summed E-state index contributed by atoms with van der Waals surface area (Å²) in [6.07, 6.45) is 5.61. The largest absolute Gasteiger partial charge is 0.349 e. The van der Waals surface area contributed by atoms with Gasteiger partial charge in [0.25, 0.3) is 0 Å². The van der Waals surface area contributed by atoms with Crippen molar-refractivity contribution in [2.24, 2.45) is 5.92 Å². The average Bonchev–Trinajstić information content (AvgIpc) is 3.39. The standard InChI is InChI=1S/C23H24N4O2/c1-16-3-7-21(8-4-16)27-14-19(13-22(27)28)23(29)25-17(2)18-5-9-20(10-6-18)26-12-11-24-15-26/h3-12,15,17,19H,13-14H2,1-2H3,(H,25,29)/t17-,19+/m1/s1. The van der Waals surface area contributed by atoms with Crippen LogP contribution in [-0.4, -0.2) is 27.9 Å². The SMILES string of the molecule is Cc1ccc(N2C[C@@H](C(=O)N[C@H](C)c3ccc(-n4ccnc4)cc3)CC2=O)cc1. The van der Waals surface area contributed by atoms with E-state index in [1.165, 1.54) is 0 Å². The van der Waals surface area contributed by atoms with Gasteiger partial charge in [0.1, 0.15) is 0 Å². The van der Waals surface area contributed by atoms with Crippen molar-refractivity contribution in [3.63, 3.8) is 0 Å². The summed E-state index contributed by atoms with van der Waals surface area (Å²) in [5, 5.41) is 3.06. The number of amides is 2. The second-order valence-electron chi connectivity index (χ2n) is 7.53. The normalized spacial score (nSPS) is 17.4. The number of nitrogens with one attached hydrogen (secondary N) is 1. The number of imidazole rings is 1. The van der Waals surface area contributed by atoms with E-state index in [0.29, 0.717) is 6.54 Å². The first-order valence-electron chi connectivity index (χ1n) is 9.77. The molecule has 6 heteroatoms. The van der Waals surface area contributed by atoms with Gasteiger partial charge in [-0.05, 0) is 43.7 Å². The van der Waals surface area contributed by atoms with Crippen LogP contribution in [0.15, 0.2) is 67.3 Å². The quantitative estimate of drug-likeness (QED) is 0.728. The predicted molar refractivity (Wildman–Crippen MR) is 112 cm³/mol. The Balaban J connectivity index is 1.38. The predicted octanol–water partition coefficient (Wildman–Crippen LogP) is 3.41. The van der Waals surface area contributed by atoms with Crippen molar-refractivity contribution < 1.29 is 9.59 Å². The van der Waals surface area contributed by atoms with E-state index in [1.54, 1.807) is 17.4 Å². The Morgan fingerprint density at radius 3 is 2.45 bits per heavy atom. The van der Waals surface area contributed by atoms with E-state index < -0.39 is 0 Å². The Morgan fingerprint density at radius 2 is 1.79 bits per heavy atom. The minimum absolute atomic E-state index is 0.00802. The van der Waals surface area contributed by atoms with E-state index in [0.717, 1.165) is 22.5 Å². The topological polar surface area (TPSA) is 67.2 Å². The lowest BCUT2D eigenvalue weighted by Gasteiger charge is -2.19. The monoisotopic (exact) mass is 388 g/mol. The van der Waals surface area contributed by atoms with Crippen molar-refractivity contribution in [3.8, 4) is 5.69 Å². The summed E-state index contributed by atoms with van der Waals surface area (Å²) in [4.78, 5) is 30.9. The highest BCUT2D eigenvalue weighted by Gasteiger charge is 2.35. The van der Waals surface area contributed by atoms with Gasteiger partial charge in [-0.15, -0.1) is 0 Å². The van der Waals surface area contributed by atoms with Crippen molar-refractivity contribution in [3.05, 3.63) is 78.4 Å². The molecular formula is C23H24N4O2. The minimum atomic E-state index is -0.337. The Kier molecular flexibility index (Phi) is 5.16. The van der Waals surface area contributed by atoms with Crippen molar-refractivity contribution in [2.75, 3.05) is 11.4 Å². The lowest BCUT2D eigenvalue weighted by molar-refractivity contribution is -0.126. The van der Waals surface area contributed by atoms with Gasteiger partial charge in [0.2, 0.25) is 11.8 Å². The van der Waals surface area contributed by atoms with Crippen LogP contribution in [-0.2, 0) is 9.59 Å². The molecule has 2 amide bonds. The molecule has 1 saturated heterocycles. The molecule has 1 aromatic heterocycles. The third kappa shape index (κ3) is 4.06. The molecule has 1 N–H and O–H groups in total. The number of benzene rings is 2. The molecule has 3 aromatic rings. The molecule has 2 atom stereocenters. The summed E-state index contributed by atoms with van der Waals surface area (Å²) in [6.45, 7) is 4.38. The van der Waals surface area contributed by atoms with Crippen LogP contribution < -0.4 is 10.2 Å². The van der Waals surface area contributed by atoms with Crippen molar-refractivity contribution in [1.82, 2.24) is 14.9 Å². The molecule has 2 heterocycles. The number of rotatable bonds is 5. The zero-order chi connectivity index (χ0) is 20.4. The number of aryl methyl sites for hydroxylation is 1. The Hall–Kier alpha value is -3.41. The molecule has 0 aliphatic carbocycles. The number of carbonyl (C=O) groups is 2. The van der Waals surface area contributed by atoms with Gasteiger partial charge in [0.05, 0.1) is 18.3 Å². The maximum Gasteiger partial charge on any atom is 0.227 e. The van der Waals surface area contributed by atoms with Gasteiger partial charge in [-0.1, -0.05) is 29.8 Å². The molecular weight excluding hydrogens is 364 g/mol. The van der Waals surface area contributed by atoms with Crippen LogP contribution in [0.4, 0.5) is 5.69 Å². The van der Waals surface area contributed by atoms with Crippen LogP contribution in [0.3, 0.4) is 0 Å². The second-order valence-corrected chi connectivity index (χ2v) is 7.53. The van der Waals surface area contributed by atoms with E-state index in [1.807, 2.05) is 73.1 Å². The zero-order valence-corrected chi connectivity index (χ0v) is 16.6. The van der Waals surface area contributed by atoms with Gasteiger partial charge in [0, 0.05) is 36.7 Å². The second kappa shape index (κ2) is 7.91. The molecule has 0 saturated carbocycles. The van der Waals surface area contributed by atoms with Crippen LogP contribution in [0.2, 0.25) is 0 Å². The van der Waals surface area contributed by atoms with Crippen molar-refractivity contribution >= 4 is 17.5 Å². The fraction of sp³-hybridized carbons (Fsp3) is 0.261. The van der Waals surface area contributed by atoms with Gasteiger partial charge in [-0.25, -0.2) is 4.98 Å². The fourth-order valence-corrected chi connectivity index (χ4v) is 3.62. The number of hydrogen-bond acceptors (Lipinski definition) is 3. The number of anilines is 1. The molecule has 1 aliphatic heterocycles. The first-order chi connectivity index (χ1) is 14.0. The first-order valence-corrected chi connectivity index (χ1v) is 9.77. The van der Waals surface area contributed by atoms with Gasteiger partial charge in [0.15, 0.2) is 0 Å². The lowest BCUT2D eigenvalue weighted by atomic mass is 10.0. The highest BCUT2D eigenvalue weighted by molar-refractivity contribution is 6.00. The molecule has 0 unspecified atom stereocenters. The van der Waals surface area contributed by atoms with Gasteiger partial charge in [-0.3, -0.25) is 9.59 Å². The molecule has 6 nitrogen and oxygen atoms in total. The Bertz CT molecular complexity index is 994. The summed E-state index contributed by atoms with van der Waals surface area (Å²) in [5.74, 6) is -0.429. The third-order valence-electron chi connectivity index (χ3n) is 5.40. The highest BCUT2D eigenvalue weighted by Crippen LogP contribution is 2.26. The van der Waals surface area contributed by atoms with E-state index in [9.17, 15) is 9.59 Å². The molecule has 1 fully saturated rings. The van der Waals surface area contributed by atoms with E-state index in [4.69, 9.17) is 0 Å². The number of hydrogen-bond donors (Lipinski definition) is 1. The molecule has 29 heavy (non-hydrogen) atoms. The van der Waals surface area contributed by atoms with Crippen molar-refractivity contribution in [2.45, 2.75) is 26.3 Å². The summed E-state index contributed by atoms with van der Waals surface area (Å²) >= 11 is 0. The molecule has 4 rings (SSSR count). The maximum atomic E-state index is 12.8. The summed E-state index contributed by atoms with van der Waals surface area (Å²) in [7, 11) is 0. The third-order valence-corrected chi connectivity index (χ3v) is 5.40. The fourth-order valence-electron chi connectivity index (χ4n) is 3.62. The van der Waals surface area contributed by atoms with Gasteiger partial charge >= 0.3 is 0 Å². The summed E-state index contributed by atoms with van der Waals surface area (Å²) in [5.41, 5.74) is 4.02. The van der Waals surface area contributed by atoms with E-state index in [2.05, 4.69) is 10.3 Å². The van der Waals surface area contributed by atoms with Gasteiger partial charge in [-0.2, -0.15) is 0 Å².